The topological polar surface area (TPSA) is 122 Å². The minimum Gasteiger partial charge on any atom is -0.491 e. The third kappa shape index (κ3) is 5.62. The monoisotopic (exact) mass is 663 g/mol. The SMILES string of the molecule is CCOC(=O)C1=C(C)N=c2s/c(=C/c3cc(I)c(OC)c([N+](=O)[O-])c3)c(=O)n2[C@@H]1c1ccccc1OC(C)C. The molecule has 1 atom stereocenters. The fourth-order valence-electron chi connectivity index (χ4n) is 4.33. The molecule has 0 N–H and O–H groups in total. The molecule has 39 heavy (non-hydrogen) atoms. The highest BCUT2D eigenvalue weighted by Gasteiger charge is 2.35. The molecule has 0 saturated heterocycles. The fraction of sp³-hybridized carbons (Fsp3) is 0.296. The molecule has 1 aromatic heterocycles. The number of ether oxygens (including phenoxy) is 3. The molecule has 1 aliphatic heterocycles. The highest BCUT2D eigenvalue weighted by molar-refractivity contribution is 14.1. The summed E-state index contributed by atoms with van der Waals surface area (Å²) in [7, 11) is 1.37. The first kappa shape index (κ1) is 28.5. The number of nitro benzene ring substituents is 1. The number of nitro groups is 1. The molecular formula is C27H26IN3O7S. The molecule has 2 aromatic carbocycles. The first-order valence-electron chi connectivity index (χ1n) is 12.0. The highest BCUT2D eigenvalue weighted by atomic mass is 127. The van der Waals surface area contributed by atoms with Crippen LogP contribution in [0, 0.1) is 13.7 Å². The molecule has 12 heteroatoms. The quantitative estimate of drug-likeness (QED) is 0.154. The Bertz CT molecular complexity index is 1670. The zero-order valence-corrected chi connectivity index (χ0v) is 24.9. The summed E-state index contributed by atoms with van der Waals surface area (Å²) in [5.74, 6) is 0.109. The average Bonchev–Trinajstić information content (AvgIpc) is 3.17. The van der Waals surface area contributed by atoms with Crippen LogP contribution in [-0.4, -0.2) is 35.3 Å². The van der Waals surface area contributed by atoms with Gasteiger partial charge in [-0.25, -0.2) is 9.79 Å². The number of methoxy groups -OCH3 is 1. The first-order valence-corrected chi connectivity index (χ1v) is 13.9. The minimum absolute atomic E-state index is 0.147. The number of rotatable bonds is 8. The van der Waals surface area contributed by atoms with E-state index in [0.29, 0.717) is 35.5 Å². The number of halogens is 1. The van der Waals surface area contributed by atoms with Crippen molar-refractivity contribution in [2.75, 3.05) is 13.7 Å². The Morgan fingerprint density at radius 1 is 1.31 bits per heavy atom. The van der Waals surface area contributed by atoms with Crippen LogP contribution in [0.15, 0.2) is 57.5 Å². The Morgan fingerprint density at radius 3 is 2.67 bits per heavy atom. The number of hydrogen-bond acceptors (Lipinski definition) is 9. The Kier molecular flexibility index (Phi) is 8.54. The van der Waals surface area contributed by atoms with E-state index < -0.39 is 22.5 Å². The van der Waals surface area contributed by atoms with Crippen LogP contribution in [0.25, 0.3) is 6.08 Å². The molecule has 0 bridgehead atoms. The van der Waals surface area contributed by atoms with Gasteiger partial charge in [-0.15, -0.1) is 0 Å². The molecule has 1 aliphatic rings. The van der Waals surface area contributed by atoms with Crippen molar-refractivity contribution < 1.29 is 23.9 Å². The van der Waals surface area contributed by atoms with Gasteiger partial charge in [0, 0.05) is 11.6 Å². The Balaban J connectivity index is 1.99. The standard InChI is InChI=1S/C27H26IN3O7S/c1-6-37-26(33)22-15(4)29-27-30(23(22)17-9-7-8-10-20(17)38-14(2)3)25(32)21(39-27)13-16-11-18(28)24(36-5)19(12-16)31(34)35/h7-14,23H,6H2,1-5H3/b21-13+/t23-/m1/s1. The smallest absolute Gasteiger partial charge is 0.338 e. The largest absolute Gasteiger partial charge is 0.491 e. The maximum atomic E-state index is 13.9. The molecule has 0 unspecified atom stereocenters. The lowest BCUT2D eigenvalue weighted by Gasteiger charge is -2.26. The van der Waals surface area contributed by atoms with Crippen LogP contribution < -0.4 is 24.4 Å². The summed E-state index contributed by atoms with van der Waals surface area (Å²) in [4.78, 5) is 43.1. The maximum Gasteiger partial charge on any atom is 0.338 e. The molecule has 2 heterocycles. The van der Waals surface area contributed by atoms with E-state index in [1.807, 2.05) is 54.6 Å². The van der Waals surface area contributed by atoms with Gasteiger partial charge in [0.05, 0.1) is 44.1 Å². The van der Waals surface area contributed by atoms with Crippen molar-refractivity contribution >= 4 is 51.7 Å². The molecule has 4 rings (SSSR count). The minimum atomic E-state index is -0.845. The summed E-state index contributed by atoms with van der Waals surface area (Å²) in [6.07, 6.45) is 1.43. The number of para-hydroxylation sites is 1. The highest BCUT2D eigenvalue weighted by Crippen LogP contribution is 2.36. The van der Waals surface area contributed by atoms with Crippen LogP contribution in [0.2, 0.25) is 0 Å². The predicted octanol–water partition coefficient (Wildman–Crippen LogP) is 4.11. The van der Waals surface area contributed by atoms with Gasteiger partial charge in [0.15, 0.2) is 4.80 Å². The van der Waals surface area contributed by atoms with E-state index in [1.54, 1.807) is 32.1 Å². The molecular weight excluding hydrogens is 637 g/mol. The van der Waals surface area contributed by atoms with E-state index in [4.69, 9.17) is 14.2 Å². The number of benzene rings is 2. The second-order valence-electron chi connectivity index (χ2n) is 8.82. The third-order valence-corrected chi connectivity index (χ3v) is 7.62. The first-order chi connectivity index (χ1) is 18.6. The number of carbonyl (C=O) groups is 1. The fourth-order valence-corrected chi connectivity index (χ4v) is 6.23. The van der Waals surface area contributed by atoms with Crippen LogP contribution in [0.1, 0.15) is 44.9 Å². The Labute approximate surface area is 241 Å². The van der Waals surface area contributed by atoms with Crippen LogP contribution in [0.4, 0.5) is 5.69 Å². The second kappa shape index (κ2) is 11.7. The van der Waals surface area contributed by atoms with Gasteiger partial charge in [-0.05, 0) is 74.1 Å². The molecule has 0 amide bonds. The summed E-state index contributed by atoms with van der Waals surface area (Å²) in [6.45, 7) is 7.36. The Morgan fingerprint density at radius 2 is 2.03 bits per heavy atom. The lowest BCUT2D eigenvalue weighted by atomic mass is 9.95. The summed E-state index contributed by atoms with van der Waals surface area (Å²) in [5, 5.41) is 11.6. The number of nitrogens with zero attached hydrogens (tertiary/aromatic N) is 3. The number of esters is 1. The number of fused-ring (bicyclic) bond motifs is 1. The van der Waals surface area contributed by atoms with Gasteiger partial charge in [0.25, 0.3) is 5.56 Å². The van der Waals surface area contributed by atoms with Crippen molar-refractivity contribution in [3.05, 3.63) is 92.2 Å². The molecule has 0 aliphatic carbocycles. The van der Waals surface area contributed by atoms with Crippen molar-refractivity contribution in [1.29, 1.82) is 0 Å². The molecule has 0 saturated carbocycles. The van der Waals surface area contributed by atoms with Crippen LogP contribution >= 0.6 is 33.9 Å². The van der Waals surface area contributed by atoms with E-state index in [-0.39, 0.29) is 29.7 Å². The molecule has 204 valence electrons. The zero-order chi connectivity index (χ0) is 28.4. The van der Waals surface area contributed by atoms with Crippen molar-refractivity contribution in [2.24, 2.45) is 4.99 Å². The number of hydrogen-bond donors (Lipinski definition) is 0. The summed E-state index contributed by atoms with van der Waals surface area (Å²) >= 11 is 3.09. The van der Waals surface area contributed by atoms with Gasteiger partial charge < -0.3 is 14.2 Å². The number of carbonyl (C=O) groups excluding carboxylic acids is 1. The lowest BCUT2D eigenvalue weighted by Crippen LogP contribution is -2.40. The van der Waals surface area contributed by atoms with Gasteiger partial charge in [-0.3, -0.25) is 19.5 Å². The van der Waals surface area contributed by atoms with Crippen molar-refractivity contribution in [3.63, 3.8) is 0 Å². The zero-order valence-electron chi connectivity index (χ0n) is 21.9. The van der Waals surface area contributed by atoms with Crippen LogP contribution in [0.3, 0.4) is 0 Å². The average molecular weight is 663 g/mol. The summed E-state index contributed by atoms with van der Waals surface area (Å²) in [6, 6.07) is 9.45. The molecule has 10 nitrogen and oxygen atoms in total. The molecule has 3 aromatic rings. The van der Waals surface area contributed by atoms with Crippen molar-refractivity contribution in [3.8, 4) is 11.5 Å². The molecule has 0 fully saturated rings. The number of thiazole rings is 1. The molecule has 0 spiro atoms. The van der Waals surface area contributed by atoms with Gasteiger partial charge >= 0.3 is 11.7 Å². The van der Waals surface area contributed by atoms with Gasteiger partial charge in [0.1, 0.15) is 11.8 Å². The van der Waals surface area contributed by atoms with Gasteiger partial charge in [-0.1, -0.05) is 29.5 Å². The lowest BCUT2D eigenvalue weighted by molar-refractivity contribution is -0.385. The predicted molar refractivity (Wildman–Crippen MR) is 155 cm³/mol. The van der Waals surface area contributed by atoms with E-state index in [2.05, 4.69) is 4.99 Å². The normalized spacial score (nSPS) is 15.2. The summed E-state index contributed by atoms with van der Waals surface area (Å²) in [5.41, 5.74) is 1.14. The van der Waals surface area contributed by atoms with E-state index in [9.17, 15) is 19.7 Å². The molecule has 0 radical (unpaired) electrons. The summed E-state index contributed by atoms with van der Waals surface area (Å²) < 4.78 is 18.9. The second-order valence-corrected chi connectivity index (χ2v) is 11.0. The third-order valence-electron chi connectivity index (χ3n) is 5.84. The maximum absolute atomic E-state index is 13.9. The van der Waals surface area contributed by atoms with Gasteiger partial charge in [-0.2, -0.15) is 0 Å². The van der Waals surface area contributed by atoms with Crippen molar-refractivity contribution in [1.82, 2.24) is 4.57 Å². The van der Waals surface area contributed by atoms with Crippen molar-refractivity contribution in [2.45, 2.75) is 39.8 Å². The van der Waals surface area contributed by atoms with Gasteiger partial charge in [0.2, 0.25) is 5.75 Å². The number of allylic oxidation sites excluding steroid dienone is 1. The number of aromatic nitrogens is 1. The van der Waals surface area contributed by atoms with E-state index in [0.717, 1.165) is 11.3 Å². The Hall–Kier alpha value is -3.52. The van der Waals surface area contributed by atoms with Crippen LogP contribution in [-0.2, 0) is 9.53 Å². The van der Waals surface area contributed by atoms with Crippen LogP contribution in [0.5, 0.6) is 11.5 Å². The van der Waals surface area contributed by atoms with E-state index in [1.165, 1.54) is 17.7 Å². The van der Waals surface area contributed by atoms with E-state index >= 15 is 0 Å².